The summed E-state index contributed by atoms with van der Waals surface area (Å²) in [6, 6.07) is -0.379. The highest BCUT2D eigenvalue weighted by Crippen LogP contribution is 2.13. The molecule has 7 heteroatoms. The van der Waals surface area contributed by atoms with Gasteiger partial charge < -0.3 is 15.5 Å². The number of halogens is 1. The van der Waals surface area contributed by atoms with Gasteiger partial charge in [-0.25, -0.2) is 9.97 Å². The molecule has 2 rings (SSSR count). The molecule has 0 aliphatic carbocycles. The fraction of sp³-hybridized carbons (Fsp3) is 0.583. The number of piperazine rings is 1. The molecule has 19 heavy (non-hydrogen) atoms. The van der Waals surface area contributed by atoms with Crippen molar-refractivity contribution in [3.05, 3.63) is 16.9 Å². The Labute approximate surface area is 121 Å². The van der Waals surface area contributed by atoms with Crippen LogP contribution in [-0.4, -0.2) is 53.0 Å². The Balaban J connectivity index is 1.92. The summed E-state index contributed by atoms with van der Waals surface area (Å²) < 4.78 is 0.860. The molecule has 0 bridgehead atoms. The van der Waals surface area contributed by atoms with Gasteiger partial charge in [-0.3, -0.25) is 4.79 Å². The third-order valence-corrected chi connectivity index (χ3v) is 3.65. The van der Waals surface area contributed by atoms with E-state index in [1.165, 1.54) is 0 Å². The van der Waals surface area contributed by atoms with Crippen LogP contribution in [0, 0.1) is 0 Å². The first-order chi connectivity index (χ1) is 9.11. The van der Waals surface area contributed by atoms with Crippen LogP contribution in [-0.2, 0) is 4.79 Å². The Hall–Kier alpha value is -1.21. The second-order valence-corrected chi connectivity index (χ2v) is 5.44. The molecule has 1 atom stereocenters. The van der Waals surface area contributed by atoms with E-state index in [1.807, 2.05) is 11.8 Å². The van der Waals surface area contributed by atoms with E-state index < -0.39 is 0 Å². The number of carbonyl (C=O) groups excluding carboxylic acids is 1. The largest absolute Gasteiger partial charge is 0.338 e. The summed E-state index contributed by atoms with van der Waals surface area (Å²) in [6.45, 7) is 4.75. The molecule has 2 heterocycles. The molecular weight excluding hydrogens is 310 g/mol. The van der Waals surface area contributed by atoms with Crippen LogP contribution in [0.4, 0.5) is 5.95 Å². The Kier molecular flexibility index (Phi) is 4.71. The Morgan fingerprint density at radius 2 is 1.95 bits per heavy atom. The number of hydrogen-bond acceptors (Lipinski definition) is 5. The predicted octanol–water partition coefficient (Wildman–Crippen LogP) is 0.625. The topological polar surface area (TPSA) is 75.4 Å². The van der Waals surface area contributed by atoms with Crippen molar-refractivity contribution in [1.82, 2.24) is 14.9 Å². The Morgan fingerprint density at radius 1 is 1.37 bits per heavy atom. The Morgan fingerprint density at radius 3 is 2.47 bits per heavy atom. The number of rotatable bonds is 3. The lowest BCUT2D eigenvalue weighted by atomic mass is 10.2. The zero-order chi connectivity index (χ0) is 13.8. The monoisotopic (exact) mass is 327 g/mol. The molecule has 0 radical (unpaired) electrons. The molecule has 1 aromatic heterocycles. The van der Waals surface area contributed by atoms with Crippen LogP contribution in [0.2, 0.25) is 0 Å². The van der Waals surface area contributed by atoms with E-state index in [0.29, 0.717) is 25.5 Å². The van der Waals surface area contributed by atoms with Gasteiger partial charge in [0.2, 0.25) is 11.9 Å². The molecule has 1 fully saturated rings. The summed E-state index contributed by atoms with van der Waals surface area (Å²) in [7, 11) is 0. The van der Waals surface area contributed by atoms with Crippen LogP contribution in [0.3, 0.4) is 0 Å². The van der Waals surface area contributed by atoms with Gasteiger partial charge in [0, 0.05) is 38.6 Å². The molecule has 0 aromatic carbocycles. The molecule has 1 aliphatic rings. The van der Waals surface area contributed by atoms with Crippen molar-refractivity contribution >= 4 is 27.8 Å². The quantitative estimate of drug-likeness (QED) is 0.881. The molecule has 0 saturated carbocycles. The van der Waals surface area contributed by atoms with E-state index >= 15 is 0 Å². The van der Waals surface area contributed by atoms with E-state index in [0.717, 1.165) is 17.6 Å². The summed E-state index contributed by atoms with van der Waals surface area (Å²) in [5.41, 5.74) is 5.78. The van der Waals surface area contributed by atoms with Gasteiger partial charge in [0.25, 0.3) is 0 Å². The minimum Gasteiger partial charge on any atom is -0.338 e. The molecular formula is C12H18BrN5O. The summed E-state index contributed by atoms with van der Waals surface area (Å²) in [5, 5.41) is 0. The Bertz CT molecular complexity index is 430. The van der Waals surface area contributed by atoms with Crippen LogP contribution in [0.15, 0.2) is 16.9 Å². The minimum absolute atomic E-state index is 0.0406. The third-order valence-electron chi connectivity index (χ3n) is 3.24. The SMILES string of the molecule is CC[C@@H](N)C(=O)N1CCN(c2ncc(Br)cn2)CC1. The van der Waals surface area contributed by atoms with E-state index in [9.17, 15) is 4.79 Å². The first kappa shape index (κ1) is 14.2. The van der Waals surface area contributed by atoms with Gasteiger partial charge in [-0.1, -0.05) is 6.92 Å². The lowest BCUT2D eigenvalue weighted by Gasteiger charge is -2.35. The number of anilines is 1. The van der Waals surface area contributed by atoms with Gasteiger partial charge in [-0.2, -0.15) is 0 Å². The lowest BCUT2D eigenvalue weighted by molar-refractivity contribution is -0.132. The first-order valence-electron chi connectivity index (χ1n) is 6.38. The van der Waals surface area contributed by atoms with E-state index in [4.69, 9.17) is 5.73 Å². The van der Waals surface area contributed by atoms with E-state index in [2.05, 4.69) is 30.8 Å². The van der Waals surface area contributed by atoms with Crippen molar-refractivity contribution in [3.63, 3.8) is 0 Å². The molecule has 0 unspecified atom stereocenters. The smallest absolute Gasteiger partial charge is 0.239 e. The maximum Gasteiger partial charge on any atom is 0.239 e. The van der Waals surface area contributed by atoms with Crippen molar-refractivity contribution < 1.29 is 4.79 Å². The van der Waals surface area contributed by atoms with Crippen molar-refractivity contribution in [3.8, 4) is 0 Å². The number of nitrogens with zero attached hydrogens (tertiary/aromatic N) is 4. The normalized spacial score (nSPS) is 17.4. The van der Waals surface area contributed by atoms with Crippen LogP contribution >= 0.6 is 15.9 Å². The zero-order valence-corrected chi connectivity index (χ0v) is 12.5. The van der Waals surface area contributed by atoms with Crippen molar-refractivity contribution in [2.45, 2.75) is 19.4 Å². The predicted molar refractivity (Wildman–Crippen MR) is 76.8 cm³/mol. The van der Waals surface area contributed by atoms with Crippen LogP contribution < -0.4 is 10.6 Å². The zero-order valence-electron chi connectivity index (χ0n) is 10.9. The van der Waals surface area contributed by atoms with Crippen LogP contribution in [0.1, 0.15) is 13.3 Å². The lowest BCUT2D eigenvalue weighted by Crippen LogP contribution is -2.53. The summed E-state index contributed by atoms with van der Waals surface area (Å²) in [6.07, 6.45) is 4.13. The molecule has 2 N–H and O–H groups in total. The number of hydrogen-bond donors (Lipinski definition) is 1. The highest BCUT2D eigenvalue weighted by Gasteiger charge is 2.25. The second kappa shape index (κ2) is 6.29. The fourth-order valence-electron chi connectivity index (χ4n) is 2.00. The number of amides is 1. The van der Waals surface area contributed by atoms with Crippen molar-refractivity contribution in [1.29, 1.82) is 0 Å². The summed E-state index contributed by atoms with van der Waals surface area (Å²) >= 11 is 3.31. The summed E-state index contributed by atoms with van der Waals surface area (Å²) in [4.78, 5) is 24.4. The van der Waals surface area contributed by atoms with Gasteiger partial charge in [-0.15, -0.1) is 0 Å². The maximum absolute atomic E-state index is 12.0. The van der Waals surface area contributed by atoms with Crippen molar-refractivity contribution in [2.24, 2.45) is 5.73 Å². The van der Waals surface area contributed by atoms with Crippen LogP contribution in [0.5, 0.6) is 0 Å². The molecule has 1 saturated heterocycles. The fourth-order valence-corrected chi connectivity index (χ4v) is 2.21. The number of aromatic nitrogens is 2. The van der Waals surface area contributed by atoms with Gasteiger partial charge in [-0.05, 0) is 22.4 Å². The van der Waals surface area contributed by atoms with E-state index in [1.54, 1.807) is 12.4 Å². The van der Waals surface area contributed by atoms with Gasteiger partial charge in [0.1, 0.15) is 0 Å². The third kappa shape index (κ3) is 3.42. The summed E-state index contributed by atoms with van der Waals surface area (Å²) in [5.74, 6) is 0.744. The van der Waals surface area contributed by atoms with Crippen molar-refractivity contribution in [2.75, 3.05) is 31.1 Å². The molecule has 1 aromatic rings. The minimum atomic E-state index is -0.379. The van der Waals surface area contributed by atoms with Gasteiger partial charge in [0.05, 0.1) is 10.5 Å². The maximum atomic E-state index is 12.0. The van der Waals surface area contributed by atoms with E-state index in [-0.39, 0.29) is 11.9 Å². The van der Waals surface area contributed by atoms with Crippen LogP contribution in [0.25, 0.3) is 0 Å². The molecule has 0 spiro atoms. The first-order valence-corrected chi connectivity index (χ1v) is 7.18. The van der Waals surface area contributed by atoms with Gasteiger partial charge in [0.15, 0.2) is 0 Å². The standard InChI is InChI=1S/C12H18BrN5O/c1-2-10(14)11(19)17-3-5-18(6-4-17)12-15-7-9(13)8-16-12/h7-8,10H,2-6,14H2,1H3/t10-/m1/s1. The average molecular weight is 328 g/mol. The number of nitrogens with two attached hydrogens (primary N) is 1. The molecule has 1 amide bonds. The molecule has 1 aliphatic heterocycles. The molecule has 6 nitrogen and oxygen atoms in total. The highest BCUT2D eigenvalue weighted by atomic mass is 79.9. The molecule has 104 valence electrons. The highest BCUT2D eigenvalue weighted by molar-refractivity contribution is 9.10. The second-order valence-electron chi connectivity index (χ2n) is 4.53. The van der Waals surface area contributed by atoms with Gasteiger partial charge >= 0.3 is 0 Å². The average Bonchev–Trinajstić information content (AvgIpc) is 2.46. The number of carbonyl (C=O) groups is 1.